The number of rotatable bonds is 1. The van der Waals surface area contributed by atoms with Crippen molar-refractivity contribution in [3.8, 4) is 5.88 Å². The minimum Gasteiger partial charge on any atom is -0.488 e. The number of hydrogen-bond donors (Lipinski definition) is 1. The molecule has 0 aliphatic rings. The molecule has 0 spiro atoms. The maximum absolute atomic E-state index is 10.4. The van der Waals surface area contributed by atoms with Crippen LogP contribution < -0.4 is 0 Å². The highest BCUT2D eigenvalue weighted by Gasteiger charge is 2.18. The SMILES string of the molecule is Cc1cc(C)c([N+](=O)[O-])c(O)n1. The van der Waals surface area contributed by atoms with Gasteiger partial charge in [-0.3, -0.25) is 10.1 Å². The Bertz CT molecular complexity index is 312. The molecular weight excluding hydrogens is 160 g/mol. The second kappa shape index (κ2) is 2.77. The molecule has 1 aromatic rings. The van der Waals surface area contributed by atoms with E-state index in [1.165, 1.54) is 0 Å². The van der Waals surface area contributed by atoms with E-state index in [9.17, 15) is 10.1 Å². The highest BCUT2D eigenvalue weighted by atomic mass is 16.6. The van der Waals surface area contributed by atoms with Gasteiger partial charge in [-0.25, -0.2) is 4.98 Å². The zero-order valence-electron chi connectivity index (χ0n) is 6.74. The van der Waals surface area contributed by atoms with Gasteiger partial charge in [0.1, 0.15) is 0 Å². The highest BCUT2D eigenvalue weighted by molar-refractivity contribution is 5.47. The number of pyridine rings is 1. The number of nitrogens with zero attached hydrogens (tertiary/aromatic N) is 2. The second-order valence-corrected chi connectivity index (χ2v) is 2.51. The van der Waals surface area contributed by atoms with E-state index >= 15 is 0 Å². The van der Waals surface area contributed by atoms with Crippen molar-refractivity contribution in [2.75, 3.05) is 0 Å². The second-order valence-electron chi connectivity index (χ2n) is 2.51. The van der Waals surface area contributed by atoms with E-state index < -0.39 is 10.8 Å². The molecule has 0 radical (unpaired) electrons. The van der Waals surface area contributed by atoms with Crippen molar-refractivity contribution in [2.24, 2.45) is 0 Å². The lowest BCUT2D eigenvalue weighted by atomic mass is 10.2. The maximum Gasteiger partial charge on any atom is 0.333 e. The summed E-state index contributed by atoms with van der Waals surface area (Å²) in [6.07, 6.45) is 0. The Balaban J connectivity index is 3.38. The molecular formula is C7H8N2O3. The van der Waals surface area contributed by atoms with Crippen LogP contribution in [0.2, 0.25) is 0 Å². The summed E-state index contributed by atoms with van der Waals surface area (Å²) in [5.74, 6) is -0.516. The van der Waals surface area contributed by atoms with Crippen LogP contribution >= 0.6 is 0 Å². The predicted molar refractivity (Wildman–Crippen MR) is 42.0 cm³/mol. The average Bonchev–Trinajstić information content (AvgIpc) is 1.82. The average molecular weight is 168 g/mol. The highest BCUT2D eigenvalue weighted by Crippen LogP contribution is 2.27. The lowest BCUT2D eigenvalue weighted by molar-refractivity contribution is -0.386. The summed E-state index contributed by atoms with van der Waals surface area (Å²) in [5.41, 5.74) is 0.668. The summed E-state index contributed by atoms with van der Waals surface area (Å²) in [4.78, 5) is 13.3. The van der Waals surface area contributed by atoms with E-state index in [0.29, 0.717) is 11.3 Å². The normalized spacial score (nSPS) is 9.83. The first-order chi connectivity index (χ1) is 5.52. The molecule has 0 unspecified atom stereocenters. The van der Waals surface area contributed by atoms with Crippen LogP contribution in [0.15, 0.2) is 6.07 Å². The van der Waals surface area contributed by atoms with E-state index in [2.05, 4.69) is 4.98 Å². The Morgan fingerprint density at radius 3 is 2.58 bits per heavy atom. The summed E-state index contributed by atoms with van der Waals surface area (Å²) < 4.78 is 0. The van der Waals surface area contributed by atoms with Crippen LogP contribution in [0.5, 0.6) is 5.88 Å². The lowest BCUT2D eigenvalue weighted by Crippen LogP contribution is -1.95. The van der Waals surface area contributed by atoms with Crippen LogP contribution in [0.3, 0.4) is 0 Å². The largest absolute Gasteiger partial charge is 0.488 e. The van der Waals surface area contributed by atoms with Gasteiger partial charge in [0.15, 0.2) is 0 Å². The van der Waals surface area contributed by atoms with E-state index in [1.54, 1.807) is 19.9 Å². The molecule has 0 saturated carbocycles. The fourth-order valence-corrected chi connectivity index (χ4v) is 1.04. The number of aromatic hydroxyl groups is 1. The molecule has 0 bridgehead atoms. The topological polar surface area (TPSA) is 76.3 Å². The molecule has 0 amide bonds. The molecule has 1 heterocycles. The Hall–Kier alpha value is -1.65. The Morgan fingerprint density at radius 2 is 2.17 bits per heavy atom. The van der Waals surface area contributed by atoms with Crippen LogP contribution in [0.25, 0.3) is 0 Å². The van der Waals surface area contributed by atoms with E-state index in [-0.39, 0.29) is 5.69 Å². The Kier molecular flexibility index (Phi) is 1.95. The third kappa shape index (κ3) is 1.34. The fourth-order valence-electron chi connectivity index (χ4n) is 1.04. The van der Waals surface area contributed by atoms with Gasteiger partial charge in [0.05, 0.1) is 4.92 Å². The van der Waals surface area contributed by atoms with Gasteiger partial charge in [0, 0.05) is 11.3 Å². The van der Waals surface area contributed by atoms with Gasteiger partial charge < -0.3 is 5.11 Å². The number of aromatic nitrogens is 1. The molecule has 1 rings (SSSR count). The first-order valence-electron chi connectivity index (χ1n) is 3.34. The minimum absolute atomic E-state index is 0.319. The molecule has 1 N–H and O–H groups in total. The first-order valence-corrected chi connectivity index (χ1v) is 3.34. The first kappa shape index (κ1) is 8.45. The van der Waals surface area contributed by atoms with Gasteiger partial charge in [0.2, 0.25) is 0 Å². The monoisotopic (exact) mass is 168 g/mol. The summed E-state index contributed by atoms with van der Waals surface area (Å²) in [6.45, 7) is 3.23. The molecule has 12 heavy (non-hydrogen) atoms. The summed E-state index contributed by atoms with van der Waals surface area (Å²) in [5, 5.41) is 19.4. The van der Waals surface area contributed by atoms with Crippen molar-refractivity contribution in [1.82, 2.24) is 4.98 Å². The van der Waals surface area contributed by atoms with Crippen LogP contribution in [0.4, 0.5) is 5.69 Å². The zero-order valence-corrected chi connectivity index (χ0v) is 6.74. The minimum atomic E-state index is -0.642. The van der Waals surface area contributed by atoms with Gasteiger partial charge in [-0.2, -0.15) is 0 Å². The molecule has 0 aliphatic heterocycles. The standard InChI is InChI=1S/C7H8N2O3/c1-4-3-5(2)8-7(10)6(4)9(11)12/h3H,1-2H3,(H,8,10). The fraction of sp³-hybridized carbons (Fsp3) is 0.286. The molecule has 64 valence electrons. The molecule has 5 nitrogen and oxygen atoms in total. The predicted octanol–water partition coefficient (Wildman–Crippen LogP) is 1.31. The van der Waals surface area contributed by atoms with Crippen LogP contribution in [0.1, 0.15) is 11.3 Å². The van der Waals surface area contributed by atoms with Gasteiger partial charge in [-0.1, -0.05) is 0 Å². The molecule has 1 aromatic heterocycles. The van der Waals surface area contributed by atoms with Gasteiger partial charge in [-0.05, 0) is 19.9 Å². The number of nitro groups is 1. The van der Waals surface area contributed by atoms with Crippen molar-refractivity contribution >= 4 is 5.69 Å². The molecule has 0 atom stereocenters. The zero-order chi connectivity index (χ0) is 9.30. The third-order valence-electron chi connectivity index (χ3n) is 1.48. The smallest absolute Gasteiger partial charge is 0.333 e. The van der Waals surface area contributed by atoms with Crippen molar-refractivity contribution in [3.63, 3.8) is 0 Å². The summed E-state index contributed by atoms with van der Waals surface area (Å²) in [7, 11) is 0. The van der Waals surface area contributed by atoms with E-state index in [0.717, 1.165) is 0 Å². The van der Waals surface area contributed by atoms with Crippen LogP contribution in [-0.4, -0.2) is 15.0 Å². The Morgan fingerprint density at radius 1 is 1.58 bits per heavy atom. The van der Waals surface area contributed by atoms with Crippen LogP contribution in [-0.2, 0) is 0 Å². The quantitative estimate of drug-likeness (QED) is 0.506. The number of hydrogen-bond acceptors (Lipinski definition) is 4. The summed E-state index contributed by atoms with van der Waals surface area (Å²) >= 11 is 0. The van der Waals surface area contributed by atoms with Crippen molar-refractivity contribution in [3.05, 3.63) is 27.4 Å². The number of aryl methyl sites for hydroxylation is 2. The third-order valence-corrected chi connectivity index (χ3v) is 1.48. The molecule has 0 aliphatic carbocycles. The molecule has 0 fully saturated rings. The van der Waals surface area contributed by atoms with Crippen LogP contribution in [0, 0.1) is 24.0 Å². The van der Waals surface area contributed by atoms with Crippen molar-refractivity contribution < 1.29 is 10.0 Å². The van der Waals surface area contributed by atoms with Gasteiger partial charge >= 0.3 is 5.69 Å². The Labute approximate surface area is 68.8 Å². The van der Waals surface area contributed by atoms with E-state index in [4.69, 9.17) is 5.11 Å². The van der Waals surface area contributed by atoms with Crippen molar-refractivity contribution in [2.45, 2.75) is 13.8 Å². The lowest BCUT2D eigenvalue weighted by Gasteiger charge is -1.99. The maximum atomic E-state index is 10.4. The van der Waals surface area contributed by atoms with Gasteiger partial charge in [0.25, 0.3) is 5.88 Å². The van der Waals surface area contributed by atoms with E-state index in [1.807, 2.05) is 0 Å². The summed E-state index contributed by atoms with van der Waals surface area (Å²) in [6, 6.07) is 1.55. The van der Waals surface area contributed by atoms with Crippen molar-refractivity contribution in [1.29, 1.82) is 0 Å². The van der Waals surface area contributed by atoms with Gasteiger partial charge in [-0.15, -0.1) is 0 Å². The molecule has 0 saturated heterocycles. The molecule has 0 aromatic carbocycles. The molecule has 5 heteroatoms.